The van der Waals surface area contributed by atoms with E-state index in [-0.39, 0.29) is 18.2 Å². The summed E-state index contributed by atoms with van der Waals surface area (Å²) in [5.74, 6) is 0.512. The van der Waals surface area contributed by atoms with E-state index in [9.17, 15) is 9.59 Å². The molecule has 31 heavy (non-hydrogen) atoms. The van der Waals surface area contributed by atoms with Crippen molar-refractivity contribution in [2.45, 2.75) is 58.6 Å². The van der Waals surface area contributed by atoms with Crippen LogP contribution >= 0.6 is 27.3 Å². The third kappa shape index (κ3) is 6.67. The van der Waals surface area contributed by atoms with Crippen LogP contribution in [0.5, 0.6) is 0 Å². The number of aryl methyl sites for hydroxylation is 1. The van der Waals surface area contributed by atoms with Gasteiger partial charge in [-0.05, 0) is 57.7 Å². The maximum absolute atomic E-state index is 12.5. The smallest absolute Gasteiger partial charge is 0.410 e. The zero-order chi connectivity index (χ0) is 22.6. The van der Waals surface area contributed by atoms with E-state index in [1.165, 1.54) is 16.9 Å². The summed E-state index contributed by atoms with van der Waals surface area (Å²) in [4.78, 5) is 31.0. The highest BCUT2D eigenvalue weighted by Crippen LogP contribution is 2.29. The number of amides is 3. The fourth-order valence-electron chi connectivity index (χ4n) is 3.37. The summed E-state index contributed by atoms with van der Waals surface area (Å²) < 4.78 is 6.53. The second-order valence-electron chi connectivity index (χ2n) is 8.56. The number of ether oxygens (including phenoxy) is 1. The molecule has 1 aliphatic heterocycles. The van der Waals surface area contributed by atoms with Crippen LogP contribution in [0.25, 0.3) is 10.6 Å². The Labute approximate surface area is 195 Å². The van der Waals surface area contributed by atoms with Crippen molar-refractivity contribution in [3.05, 3.63) is 33.6 Å². The molecule has 2 heterocycles. The van der Waals surface area contributed by atoms with E-state index in [0.29, 0.717) is 18.9 Å². The van der Waals surface area contributed by atoms with Gasteiger partial charge in [0.1, 0.15) is 16.4 Å². The SMILES string of the molecule is CCc1cc(-c2nc(NC(=O)N[C@H]3CCCN(C(=O)OC(C)(C)C)C3)cs2)ccc1Br. The van der Waals surface area contributed by atoms with Crippen LogP contribution in [-0.2, 0) is 11.2 Å². The first kappa shape index (κ1) is 23.5. The van der Waals surface area contributed by atoms with Crippen LogP contribution in [0.1, 0.15) is 46.1 Å². The second kappa shape index (κ2) is 9.99. The number of hydrogen-bond acceptors (Lipinski definition) is 5. The molecule has 7 nitrogen and oxygen atoms in total. The van der Waals surface area contributed by atoms with Crippen molar-refractivity contribution >= 4 is 45.2 Å². The van der Waals surface area contributed by atoms with E-state index >= 15 is 0 Å². The number of anilines is 1. The first-order valence-electron chi connectivity index (χ1n) is 10.4. The number of benzene rings is 1. The van der Waals surface area contributed by atoms with Crippen LogP contribution in [0.15, 0.2) is 28.1 Å². The Bertz CT molecular complexity index is 941. The summed E-state index contributed by atoms with van der Waals surface area (Å²) in [5, 5.41) is 8.44. The van der Waals surface area contributed by atoms with E-state index in [2.05, 4.69) is 44.5 Å². The Morgan fingerprint density at radius 1 is 1.35 bits per heavy atom. The van der Waals surface area contributed by atoms with Gasteiger partial charge in [-0.3, -0.25) is 5.32 Å². The lowest BCUT2D eigenvalue weighted by atomic mass is 10.1. The number of carbonyl (C=O) groups is 2. The first-order valence-corrected chi connectivity index (χ1v) is 12.1. The van der Waals surface area contributed by atoms with Crippen molar-refractivity contribution < 1.29 is 14.3 Å². The summed E-state index contributed by atoms with van der Waals surface area (Å²) in [6.45, 7) is 8.71. The van der Waals surface area contributed by atoms with Gasteiger partial charge in [0.25, 0.3) is 0 Å². The van der Waals surface area contributed by atoms with Gasteiger partial charge in [-0.15, -0.1) is 11.3 Å². The van der Waals surface area contributed by atoms with E-state index < -0.39 is 5.60 Å². The molecule has 1 fully saturated rings. The van der Waals surface area contributed by atoms with Crippen molar-refractivity contribution in [2.24, 2.45) is 0 Å². The van der Waals surface area contributed by atoms with Crippen LogP contribution in [0.3, 0.4) is 0 Å². The van der Waals surface area contributed by atoms with Crippen LogP contribution in [0.2, 0.25) is 0 Å². The van der Waals surface area contributed by atoms with Gasteiger partial charge < -0.3 is 15.0 Å². The van der Waals surface area contributed by atoms with Gasteiger partial charge in [-0.2, -0.15) is 0 Å². The van der Waals surface area contributed by atoms with Crippen molar-refractivity contribution in [2.75, 3.05) is 18.4 Å². The molecule has 3 rings (SSSR count). The minimum atomic E-state index is -0.538. The summed E-state index contributed by atoms with van der Waals surface area (Å²) in [6.07, 6.45) is 2.21. The maximum atomic E-state index is 12.5. The van der Waals surface area contributed by atoms with Crippen LogP contribution in [-0.4, -0.2) is 46.7 Å². The molecular formula is C22H29BrN4O3S. The summed E-state index contributed by atoms with van der Waals surface area (Å²) in [7, 11) is 0. The Hall–Kier alpha value is -2.13. The molecule has 0 radical (unpaired) electrons. The standard InChI is InChI=1S/C22H29BrN4O3S/c1-5-14-11-15(8-9-17(14)23)19-25-18(13-31-19)26-20(28)24-16-7-6-10-27(12-16)21(29)30-22(2,3)4/h8-9,11,13,16H,5-7,10,12H2,1-4H3,(H2,24,26,28)/t16-/m0/s1. The number of rotatable bonds is 4. The zero-order valence-electron chi connectivity index (χ0n) is 18.3. The number of nitrogens with one attached hydrogen (secondary N) is 2. The monoisotopic (exact) mass is 508 g/mol. The lowest BCUT2D eigenvalue weighted by Crippen LogP contribution is -2.51. The number of likely N-dealkylation sites (tertiary alicyclic amines) is 1. The van der Waals surface area contributed by atoms with Crippen LogP contribution in [0, 0.1) is 0 Å². The van der Waals surface area contributed by atoms with Gasteiger partial charge >= 0.3 is 12.1 Å². The molecule has 1 saturated heterocycles. The molecule has 1 aromatic heterocycles. The van der Waals surface area contributed by atoms with Crippen molar-refractivity contribution in [1.82, 2.24) is 15.2 Å². The van der Waals surface area contributed by atoms with E-state index in [0.717, 1.165) is 34.3 Å². The number of hydrogen-bond donors (Lipinski definition) is 2. The molecule has 0 aliphatic carbocycles. The van der Waals surface area contributed by atoms with Crippen LogP contribution in [0.4, 0.5) is 15.4 Å². The molecule has 0 unspecified atom stereocenters. The van der Waals surface area contributed by atoms with Crippen molar-refractivity contribution in [3.8, 4) is 10.6 Å². The molecule has 0 spiro atoms. The highest BCUT2D eigenvalue weighted by molar-refractivity contribution is 9.10. The summed E-state index contributed by atoms with van der Waals surface area (Å²) in [6, 6.07) is 5.70. The highest BCUT2D eigenvalue weighted by Gasteiger charge is 2.28. The highest BCUT2D eigenvalue weighted by atomic mass is 79.9. The minimum absolute atomic E-state index is 0.127. The predicted molar refractivity (Wildman–Crippen MR) is 128 cm³/mol. The Morgan fingerprint density at radius 2 is 2.13 bits per heavy atom. The lowest BCUT2D eigenvalue weighted by Gasteiger charge is -2.34. The fraction of sp³-hybridized carbons (Fsp3) is 0.500. The summed E-state index contributed by atoms with van der Waals surface area (Å²) in [5.41, 5.74) is 1.70. The van der Waals surface area contributed by atoms with Gasteiger partial charge in [-0.25, -0.2) is 14.6 Å². The van der Waals surface area contributed by atoms with Crippen molar-refractivity contribution in [1.29, 1.82) is 0 Å². The number of thiazole rings is 1. The molecule has 0 saturated carbocycles. The second-order valence-corrected chi connectivity index (χ2v) is 10.3. The molecule has 2 N–H and O–H groups in total. The molecule has 1 aliphatic rings. The van der Waals surface area contributed by atoms with Crippen molar-refractivity contribution in [3.63, 3.8) is 0 Å². The molecule has 1 atom stereocenters. The molecule has 1 aromatic carbocycles. The number of carbonyl (C=O) groups excluding carboxylic acids is 2. The molecule has 0 bridgehead atoms. The number of nitrogens with zero attached hydrogens (tertiary/aromatic N) is 2. The zero-order valence-corrected chi connectivity index (χ0v) is 20.7. The first-order chi connectivity index (χ1) is 14.6. The third-order valence-corrected chi connectivity index (χ3v) is 6.49. The van der Waals surface area contributed by atoms with Crippen LogP contribution < -0.4 is 10.6 Å². The van der Waals surface area contributed by atoms with Gasteiger partial charge in [0.05, 0.1) is 0 Å². The molecular weight excluding hydrogens is 480 g/mol. The predicted octanol–water partition coefficient (Wildman–Crippen LogP) is 5.66. The molecule has 9 heteroatoms. The topological polar surface area (TPSA) is 83.6 Å². The summed E-state index contributed by atoms with van der Waals surface area (Å²) >= 11 is 5.05. The average molecular weight is 509 g/mol. The number of piperidine rings is 1. The van der Waals surface area contributed by atoms with E-state index in [1.54, 1.807) is 4.90 Å². The average Bonchev–Trinajstić information content (AvgIpc) is 3.15. The van der Waals surface area contributed by atoms with Gasteiger partial charge in [-0.1, -0.05) is 28.9 Å². The molecule has 168 valence electrons. The van der Waals surface area contributed by atoms with Gasteiger partial charge in [0.15, 0.2) is 0 Å². The number of urea groups is 1. The Balaban J connectivity index is 1.56. The lowest BCUT2D eigenvalue weighted by molar-refractivity contribution is 0.0191. The minimum Gasteiger partial charge on any atom is -0.444 e. The Morgan fingerprint density at radius 3 is 2.84 bits per heavy atom. The molecule has 2 aromatic rings. The molecule has 3 amide bonds. The van der Waals surface area contributed by atoms with Gasteiger partial charge in [0, 0.05) is 34.5 Å². The Kier molecular flexibility index (Phi) is 7.59. The van der Waals surface area contributed by atoms with E-state index in [4.69, 9.17) is 4.74 Å². The normalized spacial score (nSPS) is 16.7. The fourth-order valence-corrected chi connectivity index (χ4v) is 4.64. The van der Waals surface area contributed by atoms with E-state index in [1.807, 2.05) is 38.3 Å². The maximum Gasteiger partial charge on any atom is 0.410 e. The number of halogens is 1. The van der Waals surface area contributed by atoms with Gasteiger partial charge in [0.2, 0.25) is 0 Å². The third-order valence-electron chi connectivity index (χ3n) is 4.83. The largest absolute Gasteiger partial charge is 0.444 e. The number of aromatic nitrogens is 1. The quantitative estimate of drug-likeness (QED) is 0.558.